The van der Waals surface area contributed by atoms with Crippen molar-refractivity contribution in [2.45, 2.75) is 25.4 Å². The smallest absolute Gasteiger partial charge is 0.123 e. The molecule has 0 amide bonds. The van der Waals surface area contributed by atoms with Crippen LogP contribution in [0.1, 0.15) is 34.3 Å². The number of benzene rings is 1. The zero-order chi connectivity index (χ0) is 13.8. The molecule has 2 aromatic rings. The van der Waals surface area contributed by atoms with Crippen LogP contribution in [0.2, 0.25) is 0 Å². The first-order chi connectivity index (χ1) is 9.15. The highest BCUT2D eigenvalue weighted by Crippen LogP contribution is 2.34. The summed E-state index contributed by atoms with van der Waals surface area (Å²) in [5, 5.41) is 10.4. The second kappa shape index (κ2) is 6.28. The van der Waals surface area contributed by atoms with Crippen LogP contribution in [0.15, 0.2) is 36.4 Å². The molecule has 2 atom stereocenters. The van der Waals surface area contributed by atoms with Crippen LogP contribution in [0.5, 0.6) is 0 Å². The maximum Gasteiger partial charge on any atom is 0.123 e. The van der Waals surface area contributed by atoms with Crippen LogP contribution in [0.3, 0.4) is 0 Å². The molecule has 0 spiro atoms. The predicted octanol–water partition coefficient (Wildman–Crippen LogP) is 3.23. The van der Waals surface area contributed by atoms with E-state index in [-0.39, 0.29) is 18.3 Å². The lowest BCUT2D eigenvalue weighted by atomic mass is 9.92. The van der Waals surface area contributed by atoms with Crippen LogP contribution in [0.4, 0.5) is 4.39 Å². The van der Waals surface area contributed by atoms with Gasteiger partial charge < -0.3 is 10.8 Å². The number of hydrogen-bond acceptors (Lipinski definition) is 3. The maximum atomic E-state index is 13.3. The minimum atomic E-state index is -0.683. The fourth-order valence-electron chi connectivity index (χ4n) is 2.13. The number of thiophene rings is 1. The van der Waals surface area contributed by atoms with E-state index in [1.807, 2.05) is 12.1 Å². The Morgan fingerprint density at radius 2 is 2.11 bits per heavy atom. The van der Waals surface area contributed by atoms with Gasteiger partial charge in [0.1, 0.15) is 5.82 Å². The minimum Gasteiger partial charge on any atom is -0.387 e. The van der Waals surface area contributed by atoms with E-state index in [0.717, 1.165) is 16.9 Å². The molecular formula is C15H18FNOS. The molecule has 0 aliphatic carbocycles. The van der Waals surface area contributed by atoms with Gasteiger partial charge in [0.15, 0.2) is 0 Å². The Balaban J connectivity index is 2.26. The second-order valence-corrected chi connectivity index (χ2v) is 5.70. The standard InChI is InChI=1S/C15H18FNOS/c1-2-12-6-7-14(19-12)15(18)13(9-17)10-4-3-5-11(16)8-10/h3-8,13,15,18H,2,9,17H2,1H3. The Hall–Kier alpha value is -1.23. The largest absolute Gasteiger partial charge is 0.387 e. The molecule has 0 bridgehead atoms. The van der Waals surface area contributed by atoms with Crippen LogP contribution in [0, 0.1) is 5.82 Å². The van der Waals surface area contributed by atoms with Gasteiger partial charge in [-0.25, -0.2) is 4.39 Å². The molecular weight excluding hydrogens is 261 g/mol. The zero-order valence-corrected chi connectivity index (χ0v) is 11.7. The number of halogens is 1. The average molecular weight is 279 g/mol. The molecule has 0 aliphatic heterocycles. The summed E-state index contributed by atoms with van der Waals surface area (Å²) in [7, 11) is 0. The van der Waals surface area contributed by atoms with Crippen molar-refractivity contribution in [3.05, 3.63) is 57.5 Å². The summed E-state index contributed by atoms with van der Waals surface area (Å²) in [4.78, 5) is 2.11. The van der Waals surface area contributed by atoms with Gasteiger partial charge in [0.2, 0.25) is 0 Å². The van der Waals surface area contributed by atoms with Crippen molar-refractivity contribution in [3.63, 3.8) is 0 Å². The van der Waals surface area contributed by atoms with Crippen molar-refractivity contribution in [1.82, 2.24) is 0 Å². The van der Waals surface area contributed by atoms with Crippen molar-refractivity contribution in [2.75, 3.05) is 6.54 Å². The third-order valence-corrected chi connectivity index (χ3v) is 4.53. The first-order valence-corrected chi connectivity index (χ1v) is 7.19. The Kier molecular flexibility index (Phi) is 4.69. The highest BCUT2D eigenvalue weighted by Gasteiger charge is 2.23. The highest BCUT2D eigenvalue weighted by atomic mass is 32.1. The first-order valence-electron chi connectivity index (χ1n) is 6.38. The number of aryl methyl sites for hydroxylation is 1. The summed E-state index contributed by atoms with van der Waals surface area (Å²) in [6.45, 7) is 2.36. The predicted molar refractivity (Wildman–Crippen MR) is 76.9 cm³/mol. The summed E-state index contributed by atoms with van der Waals surface area (Å²) in [6, 6.07) is 10.2. The number of aliphatic hydroxyl groups is 1. The molecule has 1 aromatic heterocycles. The third kappa shape index (κ3) is 3.21. The topological polar surface area (TPSA) is 46.2 Å². The monoisotopic (exact) mass is 279 g/mol. The van der Waals surface area contributed by atoms with Gasteiger partial charge >= 0.3 is 0 Å². The van der Waals surface area contributed by atoms with Crippen molar-refractivity contribution in [1.29, 1.82) is 0 Å². The number of rotatable bonds is 5. The molecule has 0 saturated carbocycles. The van der Waals surface area contributed by atoms with E-state index in [2.05, 4.69) is 6.92 Å². The molecule has 0 aliphatic rings. The summed E-state index contributed by atoms with van der Waals surface area (Å²) in [5.74, 6) is -0.581. The van der Waals surface area contributed by atoms with E-state index in [0.29, 0.717) is 0 Å². The van der Waals surface area contributed by atoms with E-state index in [4.69, 9.17) is 5.73 Å². The lowest BCUT2D eigenvalue weighted by Gasteiger charge is -2.21. The molecule has 19 heavy (non-hydrogen) atoms. The average Bonchev–Trinajstić information content (AvgIpc) is 2.88. The normalized spacial score (nSPS) is 14.3. The number of hydrogen-bond donors (Lipinski definition) is 2. The maximum absolute atomic E-state index is 13.3. The van der Waals surface area contributed by atoms with Crippen molar-refractivity contribution in [2.24, 2.45) is 5.73 Å². The van der Waals surface area contributed by atoms with E-state index >= 15 is 0 Å². The van der Waals surface area contributed by atoms with E-state index in [1.165, 1.54) is 17.0 Å². The van der Waals surface area contributed by atoms with E-state index < -0.39 is 6.10 Å². The molecule has 1 aromatic carbocycles. The minimum absolute atomic E-state index is 0.279. The van der Waals surface area contributed by atoms with Gasteiger partial charge in [0.25, 0.3) is 0 Å². The van der Waals surface area contributed by atoms with E-state index in [1.54, 1.807) is 23.5 Å². The van der Waals surface area contributed by atoms with Gasteiger partial charge in [-0.05, 0) is 36.2 Å². The second-order valence-electron chi connectivity index (χ2n) is 4.50. The quantitative estimate of drug-likeness (QED) is 0.882. The van der Waals surface area contributed by atoms with Crippen LogP contribution in [-0.4, -0.2) is 11.7 Å². The van der Waals surface area contributed by atoms with Crippen molar-refractivity contribution < 1.29 is 9.50 Å². The molecule has 102 valence electrons. The van der Waals surface area contributed by atoms with Gasteiger partial charge in [0.05, 0.1) is 6.10 Å². The fraction of sp³-hybridized carbons (Fsp3) is 0.333. The number of aliphatic hydroxyl groups excluding tert-OH is 1. The van der Waals surface area contributed by atoms with Gasteiger partial charge in [-0.1, -0.05) is 19.1 Å². The van der Waals surface area contributed by atoms with Crippen LogP contribution in [-0.2, 0) is 6.42 Å². The molecule has 0 saturated heterocycles. The van der Waals surface area contributed by atoms with E-state index in [9.17, 15) is 9.50 Å². The molecule has 1 heterocycles. The Morgan fingerprint density at radius 3 is 2.68 bits per heavy atom. The zero-order valence-electron chi connectivity index (χ0n) is 10.8. The SMILES string of the molecule is CCc1ccc(C(O)C(CN)c2cccc(F)c2)s1. The fourth-order valence-corrected chi connectivity index (χ4v) is 3.13. The molecule has 0 fully saturated rings. The van der Waals surface area contributed by atoms with Gasteiger partial charge in [-0.2, -0.15) is 0 Å². The van der Waals surface area contributed by atoms with Crippen LogP contribution in [0.25, 0.3) is 0 Å². The van der Waals surface area contributed by atoms with Crippen LogP contribution < -0.4 is 5.73 Å². The third-order valence-electron chi connectivity index (χ3n) is 3.23. The molecule has 3 N–H and O–H groups in total. The van der Waals surface area contributed by atoms with Gasteiger partial charge in [-0.3, -0.25) is 0 Å². The first kappa shape index (κ1) is 14.2. The Labute approximate surface area is 116 Å². The molecule has 0 radical (unpaired) electrons. The van der Waals surface area contributed by atoms with Crippen molar-refractivity contribution in [3.8, 4) is 0 Å². The molecule has 2 rings (SSSR count). The summed E-state index contributed by atoms with van der Waals surface area (Å²) < 4.78 is 13.3. The molecule has 2 nitrogen and oxygen atoms in total. The Bertz CT molecular complexity index is 540. The summed E-state index contributed by atoms with van der Waals surface area (Å²) in [6.07, 6.45) is 0.266. The molecule has 2 unspecified atom stereocenters. The van der Waals surface area contributed by atoms with Gasteiger partial charge in [-0.15, -0.1) is 11.3 Å². The highest BCUT2D eigenvalue weighted by molar-refractivity contribution is 7.12. The van der Waals surface area contributed by atoms with Crippen molar-refractivity contribution >= 4 is 11.3 Å². The molecule has 4 heteroatoms. The van der Waals surface area contributed by atoms with Crippen LogP contribution >= 0.6 is 11.3 Å². The lowest BCUT2D eigenvalue weighted by molar-refractivity contribution is 0.151. The lowest BCUT2D eigenvalue weighted by Crippen LogP contribution is -2.19. The van der Waals surface area contributed by atoms with Gasteiger partial charge in [0, 0.05) is 22.2 Å². The Morgan fingerprint density at radius 1 is 1.32 bits per heavy atom. The number of nitrogens with two attached hydrogens (primary N) is 1. The summed E-state index contributed by atoms with van der Waals surface area (Å²) >= 11 is 1.58. The summed E-state index contributed by atoms with van der Waals surface area (Å²) in [5.41, 5.74) is 6.49.